The second-order valence-corrected chi connectivity index (χ2v) is 4.44. The number of ether oxygens (including phenoxy) is 2. The Hall–Kier alpha value is -1.22. The molecule has 1 N–H and O–H groups in total. The zero-order valence-corrected chi connectivity index (χ0v) is 10.4. The summed E-state index contributed by atoms with van der Waals surface area (Å²) in [4.78, 5) is 0. The Labute approximate surface area is 97.0 Å². The molecule has 0 atom stereocenters. The standard InChI is InChI=1S/C13H20O3/c1-5-10-6-7-11(12(8-10)15-4)16-9-13(2,3)14/h6-8,14H,5,9H2,1-4H3. The largest absolute Gasteiger partial charge is 0.493 e. The highest BCUT2D eigenvalue weighted by atomic mass is 16.5. The van der Waals surface area contributed by atoms with Gasteiger partial charge in [0.05, 0.1) is 12.7 Å². The van der Waals surface area contributed by atoms with E-state index in [1.807, 2.05) is 18.2 Å². The first-order chi connectivity index (χ1) is 7.46. The van der Waals surface area contributed by atoms with E-state index in [-0.39, 0.29) is 6.61 Å². The van der Waals surface area contributed by atoms with Crippen molar-refractivity contribution in [3.05, 3.63) is 23.8 Å². The van der Waals surface area contributed by atoms with Gasteiger partial charge in [-0.15, -0.1) is 0 Å². The lowest BCUT2D eigenvalue weighted by atomic mass is 10.1. The molecule has 0 heterocycles. The van der Waals surface area contributed by atoms with Crippen molar-refractivity contribution in [3.63, 3.8) is 0 Å². The highest BCUT2D eigenvalue weighted by molar-refractivity contribution is 5.43. The van der Waals surface area contributed by atoms with Crippen LogP contribution in [-0.2, 0) is 6.42 Å². The quantitative estimate of drug-likeness (QED) is 0.834. The fourth-order valence-electron chi connectivity index (χ4n) is 1.31. The topological polar surface area (TPSA) is 38.7 Å². The van der Waals surface area contributed by atoms with Gasteiger partial charge in [-0.2, -0.15) is 0 Å². The van der Waals surface area contributed by atoms with E-state index in [4.69, 9.17) is 9.47 Å². The second kappa shape index (κ2) is 5.21. The molecule has 0 amide bonds. The van der Waals surface area contributed by atoms with Gasteiger partial charge in [-0.1, -0.05) is 13.0 Å². The van der Waals surface area contributed by atoms with E-state index in [1.165, 1.54) is 5.56 Å². The van der Waals surface area contributed by atoms with Gasteiger partial charge >= 0.3 is 0 Å². The van der Waals surface area contributed by atoms with Gasteiger partial charge < -0.3 is 14.6 Å². The van der Waals surface area contributed by atoms with E-state index < -0.39 is 5.60 Å². The van der Waals surface area contributed by atoms with Gasteiger partial charge in [-0.25, -0.2) is 0 Å². The van der Waals surface area contributed by atoms with Gasteiger partial charge in [0, 0.05) is 0 Å². The van der Waals surface area contributed by atoms with Gasteiger partial charge in [0.15, 0.2) is 11.5 Å². The van der Waals surface area contributed by atoms with Crippen LogP contribution in [0.1, 0.15) is 26.3 Å². The van der Waals surface area contributed by atoms with Gasteiger partial charge in [0.2, 0.25) is 0 Å². The number of aliphatic hydroxyl groups is 1. The molecular weight excluding hydrogens is 204 g/mol. The van der Waals surface area contributed by atoms with Crippen LogP contribution in [0.3, 0.4) is 0 Å². The highest BCUT2D eigenvalue weighted by Gasteiger charge is 2.15. The molecule has 0 aromatic heterocycles. The maximum Gasteiger partial charge on any atom is 0.161 e. The molecule has 1 rings (SSSR count). The smallest absolute Gasteiger partial charge is 0.161 e. The molecular formula is C13H20O3. The van der Waals surface area contributed by atoms with Crippen LogP contribution in [0.15, 0.2) is 18.2 Å². The number of aryl methyl sites for hydroxylation is 1. The zero-order valence-electron chi connectivity index (χ0n) is 10.4. The summed E-state index contributed by atoms with van der Waals surface area (Å²) < 4.78 is 10.8. The van der Waals surface area contributed by atoms with Crippen LogP contribution in [0.2, 0.25) is 0 Å². The molecule has 0 aliphatic carbocycles. The number of benzene rings is 1. The monoisotopic (exact) mass is 224 g/mol. The van der Waals surface area contributed by atoms with E-state index in [2.05, 4.69) is 6.92 Å². The summed E-state index contributed by atoms with van der Waals surface area (Å²) >= 11 is 0. The Bertz CT molecular complexity index is 340. The second-order valence-electron chi connectivity index (χ2n) is 4.44. The molecule has 0 spiro atoms. The van der Waals surface area contributed by atoms with Crippen molar-refractivity contribution in [1.29, 1.82) is 0 Å². The molecule has 16 heavy (non-hydrogen) atoms. The van der Waals surface area contributed by atoms with E-state index >= 15 is 0 Å². The SMILES string of the molecule is CCc1ccc(OCC(C)(C)O)c(OC)c1. The van der Waals surface area contributed by atoms with Crippen molar-refractivity contribution in [1.82, 2.24) is 0 Å². The Morgan fingerprint density at radius 2 is 1.94 bits per heavy atom. The molecule has 0 saturated heterocycles. The van der Waals surface area contributed by atoms with Crippen LogP contribution in [0, 0.1) is 0 Å². The lowest BCUT2D eigenvalue weighted by Gasteiger charge is -2.19. The minimum Gasteiger partial charge on any atom is -0.493 e. The number of hydrogen-bond donors (Lipinski definition) is 1. The van der Waals surface area contributed by atoms with Gasteiger partial charge in [-0.3, -0.25) is 0 Å². The molecule has 0 aliphatic heterocycles. The van der Waals surface area contributed by atoms with Crippen molar-refractivity contribution in [2.75, 3.05) is 13.7 Å². The molecule has 0 fully saturated rings. The van der Waals surface area contributed by atoms with Crippen molar-refractivity contribution < 1.29 is 14.6 Å². The number of rotatable bonds is 5. The summed E-state index contributed by atoms with van der Waals surface area (Å²) in [7, 11) is 1.62. The fraction of sp³-hybridized carbons (Fsp3) is 0.538. The fourth-order valence-corrected chi connectivity index (χ4v) is 1.31. The molecule has 0 unspecified atom stereocenters. The number of hydrogen-bond acceptors (Lipinski definition) is 3. The van der Waals surface area contributed by atoms with Crippen molar-refractivity contribution in [2.24, 2.45) is 0 Å². The third kappa shape index (κ3) is 3.74. The van der Waals surface area contributed by atoms with Crippen molar-refractivity contribution in [2.45, 2.75) is 32.8 Å². The predicted octanol–water partition coefficient (Wildman–Crippen LogP) is 2.41. The van der Waals surface area contributed by atoms with Crippen LogP contribution in [-0.4, -0.2) is 24.4 Å². The summed E-state index contributed by atoms with van der Waals surface area (Å²) in [6, 6.07) is 5.84. The molecule has 0 aliphatic rings. The van der Waals surface area contributed by atoms with E-state index in [9.17, 15) is 5.11 Å². The molecule has 1 aromatic carbocycles. The van der Waals surface area contributed by atoms with E-state index in [1.54, 1.807) is 21.0 Å². The van der Waals surface area contributed by atoms with Crippen LogP contribution in [0.25, 0.3) is 0 Å². The minimum absolute atomic E-state index is 0.245. The summed E-state index contributed by atoms with van der Waals surface area (Å²) in [6.07, 6.45) is 0.960. The van der Waals surface area contributed by atoms with Gasteiger partial charge in [0.25, 0.3) is 0 Å². The first kappa shape index (κ1) is 12.8. The Kier molecular flexibility index (Phi) is 4.19. The third-order valence-corrected chi connectivity index (χ3v) is 2.22. The third-order valence-electron chi connectivity index (χ3n) is 2.22. The average molecular weight is 224 g/mol. The molecule has 3 nitrogen and oxygen atoms in total. The molecule has 0 radical (unpaired) electrons. The maximum atomic E-state index is 9.58. The summed E-state index contributed by atoms with van der Waals surface area (Å²) in [5, 5.41) is 9.58. The molecule has 90 valence electrons. The van der Waals surface area contributed by atoms with Crippen molar-refractivity contribution >= 4 is 0 Å². The highest BCUT2D eigenvalue weighted by Crippen LogP contribution is 2.28. The van der Waals surface area contributed by atoms with E-state index in [0.29, 0.717) is 11.5 Å². The van der Waals surface area contributed by atoms with E-state index in [0.717, 1.165) is 6.42 Å². The van der Waals surface area contributed by atoms with Gasteiger partial charge in [-0.05, 0) is 38.0 Å². The van der Waals surface area contributed by atoms with Crippen LogP contribution < -0.4 is 9.47 Å². The average Bonchev–Trinajstić information content (AvgIpc) is 2.25. The summed E-state index contributed by atoms with van der Waals surface area (Å²) in [5.74, 6) is 1.38. The normalized spacial score (nSPS) is 11.3. The Balaban J connectivity index is 2.79. The van der Waals surface area contributed by atoms with Crippen LogP contribution in [0.4, 0.5) is 0 Å². The van der Waals surface area contributed by atoms with Crippen LogP contribution in [0.5, 0.6) is 11.5 Å². The molecule has 0 saturated carbocycles. The Morgan fingerprint density at radius 3 is 2.44 bits per heavy atom. The molecule has 3 heteroatoms. The van der Waals surface area contributed by atoms with Crippen LogP contribution >= 0.6 is 0 Å². The summed E-state index contributed by atoms with van der Waals surface area (Å²) in [5.41, 5.74) is 0.363. The summed E-state index contributed by atoms with van der Waals surface area (Å²) in [6.45, 7) is 5.75. The Morgan fingerprint density at radius 1 is 1.25 bits per heavy atom. The molecule has 0 bridgehead atoms. The zero-order chi connectivity index (χ0) is 12.2. The predicted molar refractivity (Wildman–Crippen MR) is 64.2 cm³/mol. The van der Waals surface area contributed by atoms with Crippen molar-refractivity contribution in [3.8, 4) is 11.5 Å². The first-order valence-corrected chi connectivity index (χ1v) is 5.48. The molecule has 1 aromatic rings. The lowest BCUT2D eigenvalue weighted by molar-refractivity contribution is 0.0276. The lowest BCUT2D eigenvalue weighted by Crippen LogP contribution is -2.27. The minimum atomic E-state index is -0.839. The first-order valence-electron chi connectivity index (χ1n) is 5.48. The van der Waals surface area contributed by atoms with Gasteiger partial charge in [0.1, 0.15) is 6.61 Å². The maximum absolute atomic E-state index is 9.58. The number of methoxy groups -OCH3 is 1.